The van der Waals surface area contributed by atoms with E-state index in [9.17, 15) is 13.2 Å². The van der Waals surface area contributed by atoms with Gasteiger partial charge in [-0.25, -0.2) is 4.98 Å². The van der Waals surface area contributed by atoms with Gasteiger partial charge >= 0.3 is 0 Å². The molecule has 2 aromatic rings. The number of benzene rings is 1. The highest BCUT2D eigenvalue weighted by Crippen LogP contribution is 2.29. The van der Waals surface area contributed by atoms with E-state index in [2.05, 4.69) is 24.8 Å². The van der Waals surface area contributed by atoms with Crippen molar-refractivity contribution < 1.29 is 17.8 Å². The summed E-state index contributed by atoms with van der Waals surface area (Å²) in [5.74, 6) is 1.49. The van der Waals surface area contributed by atoms with Gasteiger partial charge in [-0.3, -0.25) is 9.35 Å². The van der Waals surface area contributed by atoms with Crippen LogP contribution in [0.4, 0.5) is 5.82 Å². The van der Waals surface area contributed by atoms with Crippen LogP contribution >= 0.6 is 23.2 Å². The zero-order valence-electron chi connectivity index (χ0n) is 22.1. The van der Waals surface area contributed by atoms with Gasteiger partial charge in [0.15, 0.2) is 0 Å². The first-order valence-corrected chi connectivity index (χ1v) is 14.9. The Morgan fingerprint density at radius 2 is 1.70 bits per heavy atom. The van der Waals surface area contributed by atoms with Crippen molar-refractivity contribution in [1.29, 1.82) is 0 Å². The molecule has 1 amide bonds. The molecule has 1 fully saturated rings. The maximum atomic E-state index is 13.1. The van der Waals surface area contributed by atoms with Gasteiger partial charge in [-0.05, 0) is 49.4 Å². The molecule has 0 saturated carbocycles. The lowest BCUT2D eigenvalue weighted by Gasteiger charge is -2.38. The van der Waals surface area contributed by atoms with Crippen LogP contribution in [0.15, 0.2) is 30.3 Å². The predicted molar refractivity (Wildman–Crippen MR) is 151 cm³/mol. The van der Waals surface area contributed by atoms with Crippen LogP contribution in [-0.4, -0.2) is 61.2 Å². The molecule has 1 saturated heterocycles. The van der Waals surface area contributed by atoms with Gasteiger partial charge in [-0.1, -0.05) is 56.1 Å². The van der Waals surface area contributed by atoms with Crippen molar-refractivity contribution in [2.45, 2.75) is 46.6 Å². The standard InChI is InChI=1S/C25H34Cl2N4O.CH4O3S/c1-16(2)13-23(28)21-8-5-18(4)29-24(21)30-9-11-31(12-10-30)25(32)17(3)14-19-6-7-20(26)15-22(19)27;1-5(2,3)4/h5-8,15-17,23H,9-14,28H2,1-4H3;1H3,(H,2,3,4)/t17-,23-;/m1./s1. The first-order chi connectivity index (χ1) is 17.2. The predicted octanol–water partition coefficient (Wildman–Crippen LogP) is 4.77. The lowest BCUT2D eigenvalue weighted by atomic mass is 9.97. The lowest BCUT2D eigenvalue weighted by Crippen LogP contribution is -2.51. The minimum Gasteiger partial charge on any atom is -0.353 e. The largest absolute Gasteiger partial charge is 0.353 e. The molecule has 0 unspecified atom stereocenters. The first kappa shape index (κ1) is 31.3. The fourth-order valence-electron chi connectivity index (χ4n) is 4.29. The highest BCUT2D eigenvalue weighted by atomic mass is 35.5. The third-order valence-corrected chi connectivity index (χ3v) is 6.61. The van der Waals surface area contributed by atoms with E-state index < -0.39 is 10.1 Å². The van der Waals surface area contributed by atoms with Crippen LogP contribution in [0, 0.1) is 18.8 Å². The Bertz CT molecular complexity index is 1160. The van der Waals surface area contributed by atoms with Crippen LogP contribution in [0.1, 0.15) is 50.1 Å². The Morgan fingerprint density at radius 3 is 2.24 bits per heavy atom. The molecule has 0 bridgehead atoms. The fourth-order valence-corrected chi connectivity index (χ4v) is 4.77. The molecular weight excluding hydrogens is 535 g/mol. The fraction of sp³-hybridized carbons (Fsp3) is 0.538. The van der Waals surface area contributed by atoms with E-state index in [1.807, 2.05) is 36.9 Å². The molecule has 3 N–H and O–H groups in total. The molecule has 2 heterocycles. The van der Waals surface area contributed by atoms with E-state index in [0.29, 0.717) is 41.7 Å². The summed E-state index contributed by atoms with van der Waals surface area (Å²) < 4.78 is 25.9. The van der Waals surface area contributed by atoms with E-state index in [1.54, 1.807) is 6.07 Å². The zero-order chi connectivity index (χ0) is 27.9. The van der Waals surface area contributed by atoms with Crippen molar-refractivity contribution in [3.05, 3.63) is 57.2 Å². The summed E-state index contributed by atoms with van der Waals surface area (Å²) in [4.78, 5) is 22.1. The van der Waals surface area contributed by atoms with Crippen molar-refractivity contribution in [2.24, 2.45) is 17.6 Å². The zero-order valence-corrected chi connectivity index (χ0v) is 24.4. The summed E-state index contributed by atoms with van der Waals surface area (Å²) in [5, 5.41) is 1.21. The number of carbonyl (C=O) groups is 1. The Hall–Kier alpha value is -1.91. The molecule has 206 valence electrons. The number of hydrogen-bond donors (Lipinski definition) is 2. The van der Waals surface area contributed by atoms with Crippen LogP contribution < -0.4 is 10.6 Å². The number of rotatable bonds is 7. The second-order valence-corrected chi connectivity index (χ2v) is 12.3. The molecule has 1 aliphatic rings. The van der Waals surface area contributed by atoms with Gasteiger partial charge in [-0.2, -0.15) is 8.42 Å². The molecule has 0 aliphatic carbocycles. The van der Waals surface area contributed by atoms with Gasteiger partial charge < -0.3 is 15.5 Å². The summed E-state index contributed by atoms with van der Waals surface area (Å²) in [5.41, 5.74) is 9.53. The van der Waals surface area contributed by atoms with Gasteiger partial charge in [-0.15, -0.1) is 0 Å². The summed E-state index contributed by atoms with van der Waals surface area (Å²) in [6, 6.07) is 9.54. The van der Waals surface area contributed by atoms with Crippen LogP contribution in [0.3, 0.4) is 0 Å². The number of amides is 1. The van der Waals surface area contributed by atoms with Crippen molar-refractivity contribution in [1.82, 2.24) is 9.88 Å². The van der Waals surface area contributed by atoms with Crippen LogP contribution in [0.2, 0.25) is 10.0 Å². The molecule has 3 rings (SSSR count). The molecule has 1 aromatic heterocycles. The maximum Gasteiger partial charge on any atom is 0.261 e. The van der Waals surface area contributed by atoms with Crippen molar-refractivity contribution >= 4 is 45.0 Å². The quantitative estimate of drug-likeness (QED) is 0.458. The Balaban J connectivity index is 0.000000877. The molecule has 8 nitrogen and oxygen atoms in total. The minimum atomic E-state index is -3.67. The normalized spacial score (nSPS) is 15.7. The Kier molecular flexibility index (Phi) is 11.6. The lowest BCUT2D eigenvalue weighted by molar-refractivity contribution is -0.135. The molecule has 1 aromatic carbocycles. The van der Waals surface area contributed by atoms with Gasteiger partial charge in [0.25, 0.3) is 10.1 Å². The van der Waals surface area contributed by atoms with Crippen LogP contribution in [0.25, 0.3) is 0 Å². The Morgan fingerprint density at radius 1 is 1.11 bits per heavy atom. The van der Waals surface area contributed by atoms with E-state index >= 15 is 0 Å². The van der Waals surface area contributed by atoms with E-state index in [-0.39, 0.29) is 17.9 Å². The van der Waals surface area contributed by atoms with Gasteiger partial charge in [0, 0.05) is 59.4 Å². The highest BCUT2D eigenvalue weighted by molar-refractivity contribution is 7.85. The molecular formula is C26H38Cl2N4O4S. The maximum absolute atomic E-state index is 13.1. The number of aryl methyl sites for hydroxylation is 1. The van der Waals surface area contributed by atoms with E-state index in [4.69, 9.17) is 38.5 Å². The second kappa shape index (κ2) is 13.8. The van der Waals surface area contributed by atoms with E-state index in [0.717, 1.165) is 42.1 Å². The SMILES string of the molecule is CS(=O)(=O)O.Cc1ccc([C@H](N)CC(C)C)c(N2CCN(C(=O)[C@H](C)Cc3ccc(Cl)cc3Cl)CC2)n1. The topological polar surface area (TPSA) is 117 Å². The number of halogens is 2. The number of hydrogen-bond acceptors (Lipinski definition) is 6. The summed E-state index contributed by atoms with van der Waals surface area (Å²) in [6.07, 6.45) is 2.23. The molecule has 0 radical (unpaired) electrons. The van der Waals surface area contributed by atoms with Crippen molar-refractivity contribution in [3.8, 4) is 0 Å². The minimum absolute atomic E-state index is 0.0399. The smallest absolute Gasteiger partial charge is 0.261 e. The third kappa shape index (κ3) is 10.4. The molecule has 37 heavy (non-hydrogen) atoms. The summed E-state index contributed by atoms with van der Waals surface area (Å²) >= 11 is 12.3. The van der Waals surface area contributed by atoms with Gasteiger partial charge in [0.1, 0.15) is 5.82 Å². The molecule has 1 aliphatic heterocycles. The number of pyridine rings is 1. The Labute approximate surface area is 230 Å². The third-order valence-electron chi connectivity index (χ3n) is 6.02. The number of aromatic nitrogens is 1. The molecule has 0 spiro atoms. The summed E-state index contributed by atoms with van der Waals surface area (Å²) in [7, 11) is -3.67. The van der Waals surface area contributed by atoms with Crippen LogP contribution in [-0.2, 0) is 21.3 Å². The molecule has 2 atom stereocenters. The summed E-state index contributed by atoms with van der Waals surface area (Å²) in [6.45, 7) is 11.2. The van der Waals surface area contributed by atoms with E-state index in [1.165, 1.54) is 0 Å². The van der Waals surface area contributed by atoms with Gasteiger partial charge in [0.05, 0.1) is 6.26 Å². The number of anilines is 1. The first-order valence-electron chi connectivity index (χ1n) is 12.3. The number of piperazine rings is 1. The number of carbonyl (C=O) groups excluding carboxylic acids is 1. The van der Waals surface area contributed by atoms with Crippen molar-refractivity contribution in [2.75, 3.05) is 37.3 Å². The number of nitrogens with zero attached hydrogens (tertiary/aromatic N) is 3. The molecule has 11 heteroatoms. The second-order valence-electron chi connectivity index (χ2n) is 9.99. The highest BCUT2D eigenvalue weighted by Gasteiger charge is 2.28. The number of nitrogens with two attached hydrogens (primary N) is 1. The average Bonchev–Trinajstić information content (AvgIpc) is 2.78. The van der Waals surface area contributed by atoms with Gasteiger partial charge in [0.2, 0.25) is 5.91 Å². The van der Waals surface area contributed by atoms with Crippen LogP contribution in [0.5, 0.6) is 0 Å². The monoisotopic (exact) mass is 572 g/mol. The van der Waals surface area contributed by atoms with Crippen molar-refractivity contribution in [3.63, 3.8) is 0 Å². The average molecular weight is 574 g/mol.